The molecule has 0 aliphatic rings. The molecule has 1 aromatic heterocycles. The molecule has 14 heavy (non-hydrogen) atoms. The molecule has 0 unspecified atom stereocenters. The Kier molecular flexibility index (Phi) is 2.51. The van der Waals surface area contributed by atoms with Crippen LogP contribution in [-0.2, 0) is 0 Å². The van der Waals surface area contributed by atoms with Gasteiger partial charge >= 0.3 is 0 Å². The zero-order chi connectivity index (χ0) is 9.97. The van der Waals surface area contributed by atoms with Crippen LogP contribution in [0.25, 0.3) is 10.2 Å². The van der Waals surface area contributed by atoms with Crippen LogP contribution in [0.3, 0.4) is 0 Å². The fourth-order valence-electron chi connectivity index (χ4n) is 1.11. The minimum absolute atomic E-state index is 0.00192. The normalized spacial score (nSPS) is 10.6. The third kappa shape index (κ3) is 1.78. The SMILES string of the molecule is Nc1ccc2nc(OCCO)sc2c1. The Morgan fingerprint density at radius 3 is 3.14 bits per heavy atom. The van der Waals surface area contributed by atoms with Crippen molar-refractivity contribution in [2.75, 3.05) is 18.9 Å². The number of thiazole rings is 1. The summed E-state index contributed by atoms with van der Waals surface area (Å²) in [7, 11) is 0. The maximum absolute atomic E-state index is 8.58. The van der Waals surface area contributed by atoms with Crippen LogP contribution in [0.2, 0.25) is 0 Å². The van der Waals surface area contributed by atoms with Gasteiger partial charge in [-0.1, -0.05) is 11.3 Å². The molecule has 0 aliphatic heterocycles. The van der Waals surface area contributed by atoms with Crippen molar-refractivity contribution in [3.63, 3.8) is 0 Å². The average molecular weight is 210 g/mol. The third-order valence-electron chi connectivity index (χ3n) is 1.71. The molecule has 2 rings (SSSR count). The standard InChI is InChI=1S/C9H10N2O2S/c10-6-1-2-7-8(5-6)14-9(11-7)13-4-3-12/h1-2,5,12H,3-4,10H2. The highest BCUT2D eigenvalue weighted by molar-refractivity contribution is 7.20. The van der Waals surface area contributed by atoms with Crippen molar-refractivity contribution in [1.29, 1.82) is 0 Å². The van der Waals surface area contributed by atoms with Gasteiger partial charge in [-0.3, -0.25) is 0 Å². The number of benzene rings is 1. The lowest BCUT2D eigenvalue weighted by molar-refractivity contribution is 0.201. The van der Waals surface area contributed by atoms with Gasteiger partial charge in [0.1, 0.15) is 6.61 Å². The van der Waals surface area contributed by atoms with Crippen LogP contribution in [-0.4, -0.2) is 23.3 Å². The van der Waals surface area contributed by atoms with Crippen LogP contribution in [0.1, 0.15) is 0 Å². The second-order valence-corrected chi connectivity index (χ2v) is 3.77. The number of fused-ring (bicyclic) bond motifs is 1. The van der Waals surface area contributed by atoms with Gasteiger partial charge in [-0.05, 0) is 18.2 Å². The zero-order valence-corrected chi connectivity index (χ0v) is 8.25. The van der Waals surface area contributed by atoms with Crippen LogP contribution >= 0.6 is 11.3 Å². The van der Waals surface area contributed by atoms with Gasteiger partial charge in [-0.2, -0.15) is 0 Å². The quantitative estimate of drug-likeness (QED) is 0.748. The second kappa shape index (κ2) is 3.81. The first-order valence-electron chi connectivity index (χ1n) is 4.19. The van der Waals surface area contributed by atoms with Gasteiger partial charge in [0.25, 0.3) is 5.19 Å². The molecule has 74 valence electrons. The highest BCUT2D eigenvalue weighted by Gasteiger charge is 2.04. The first kappa shape index (κ1) is 9.23. The molecule has 0 atom stereocenters. The molecule has 4 nitrogen and oxygen atoms in total. The smallest absolute Gasteiger partial charge is 0.274 e. The van der Waals surface area contributed by atoms with E-state index >= 15 is 0 Å². The minimum atomic E-state index is -0.00192. The number of aliphatic hydroxyl groups excluding tert-OH is 1. The maximum Gasteiger partial charge on any atom is 0.274 e. The lowest BCUT2D eigenvalue weighted by atomic mass is 10.3. The summed E-state index contributed by atoms with van der Waals surface area (Å²) in [5.41, 5.74) is 7.22. The summed E-state index contributed by atoms with van der Waals surface area (Å²) >= 11 is 1.43. The number of anilines is 1. The van der Waals surface area contributed by atoms with Crippen molar-refractivity contribution in [2.24, 2.45) is 0 Å². The summed E-state index contributed by atoms with van der Waals surface area (Å²) in [6.45, 7) is 0.271. The van der Waals surface area contributed by atoms with Crippen LogP contribution in [0.5, 0.6) is 5.19 Å². The molecule has 1 heterocycles. The number of nitrogens with two attached hydrogens (primary N) is 1. The molecule has 0 bridgehead atoms. The van der Waals surface area contributed by atoms with E-state index in [1.165, 1.54) is 11.3 Å². The molecule has 2 aromatic rings. The fraction of sp³-hybridized carbons (Fsp3) is 0.222. The molecule has 0 aliphatic carbocycles. The van der Waals surface area contributed by atoms with Gasteiger partial charge in [0.2, 0.25) is 0 Å². The number of aromatic nitrogens is 1. The summed E-state index contributed by atoms with van der Waals surface area (Å²) in [5, 5.41) is 9.15. The van der Waals surface area contributed by atoms with Gasteiger partial charge < -0.3 is 15.6 Å². The van der Waals surface area contributed by atoms with E-state index in [1.807, 2.05) is 12.1 Å². The van der Waals surface area contributed by atoms with Gasteiger partial charge in [0, 0.05) is 5.69 Å². The Balaban J connectivity index is 2.32. The second-order valence-electron chi connectivity index (χ2n) is 2.78. The summed E-state index contributed by atoms with van der Waals surface area (Å²) in [4.78, 5) is 4.22. The topological polar surface area (TPSA) is 68.4 Å². The van der Waals surface area contributed by atoms with E-state index in [4.69, 9.17) is 15.6 Å². The van der Waals surface area contributed by atoms with E-state index < -0.39 is 0 Å². The number of hydrogen-bond donors (Lipinski definition) is 2. The highest BCUT2D eigenvalue weighted by Crippen LogP contribution is 2.28. The maximum atomic E-state index is 8.58. The molecule has 3 N–H and O–H groups in total. The summed E-state index contributed by atoms with van der Waals surface area (Å²) in [6.07, 6.45) is 0. The Labute approximate surface area is 85.0 Å². The first-order valence-corrected chi connectivity index (χ1v) is 5.01. The third-order valence-corrected chi connectivity index (χ3v) is 2.64. The predicted octanol–water partition coefficient (Wildman–Crippen LogP) is 1.25. The van der Waals surface area contributed by atoms with E-state index in [0.29, 0.717) is 5.19 Å². The first-order chi connectivity index (χ1) is 6.79. The highest BCUT2D eigenvalue weighted by atomic mass is 32.1. The molecule has 0 spiro atoms. The minimum Gasteiger partial charge on any atom is -0.468 e. The number of hydrogen-bond acceptors (Lipinski definition) is 5. The number of nitrogen functional groups attached to an aromatic ring is 1. The lowest BCUT2D eigenvalue weighted by Gasteiger charge is -1.95. The fourth-order valence-corrected chi connectivity index (χ4v) is 2.00. The van der Waals surface area contributed by atoms with Gasteiger partial charge in [-0.25, -0.2) is 4.98 Å². The van der Waals surface area contributed by atoms with Crippen LogP contribution in [0, 0.1) is 0 Å². The summed E-state index contributed by atoms with van der Waals surface area (Å²) in [5.74, 6) is 0. The van der Waals surface area contributed by atoms with Crippen LogP contribution in [0.4, 0.5) is 5.69 Å². The van der Waals surface area contributed by atoms with Crippen LogP contribution in [0.15, 0.2) is 18.2 Å². The van der Waals surface area contributed by atoms with Crippen molar-refractivity contribution in [1.82, 2.24) is 4.98 Å². The monoisotopic (exact) mass is 210 g/mol. The van der Waals surface area contributed by atoms with E-state index in [1.54, 1.807) is 6.07 Å². The molecule has 0 saturated carbocycles. The van der Waals surface area contributed by atoms with Crippen molar-refractivity contribution < 1.29 is 9.84 Å². The number of aliphatic hydroxyl groups is 1. The van der Waals surface area contributed by atoms with Crippen LogP contribution < -0.4 is 10.5 Å². The molecule has 1 aromatic carbocycles. The van der Waals surface area contributed by atoms with Crippen molar-refractivity contribution in [2.45, 2.75) is 0 Å². The number of nitrogens with zero attached hydrogens (tertiary/aromatic N) is 1. The van der Waals surface area contributed by atoms with E-state index in [0.717, 1.165) is 15.9 Å². The Hall–Kier alpha value is -1.33. The van der Waals surface area contributed by atoms with E-state index in [2.05, 4.69) is 4.98 Å². The van der Waals surface area contributed by atoms with Crippen molar-refractivity contribution >= 4 is 27.2 Å². The van der Waals surface area contributed by atoms with Crippen molar-refractivity contribution in [3.05, 3.63) is 18.2 Å². The van der Waals surface area contributed by atoms with Gasteiger partial charge in [0.15, 0.2) is 0 Å². The Morgan fingerprint density at radius 1 is 1.50 bits per heavy atom. The Morgan fingerprint density at radius 2 is 2.36 bits per heavy atom. The zero-order valence-electron chi connectivity index (χ0n) is 7.43. The largest absolute Gasteiger partial charge is 0.468 e. The predicted molar refractivity (Wildman–Crippen MR) is 56.6 cm³/mol. The molecule has 0 radical (unpaired) electrons. The molecule has 0 saturated heterocycles. The average Bonchev–Trinajstić information content (AvgIpc) is 2.56. The molecule has 0 fully saturated rings. The molecular weight excluding hydrogens is 200 g/mol. The van der Waals surface area contributed by atoms with E-state index in [9.17, 15) is 0 Å². The van der Waals surface area contributed by atoms with Crippen molar-refractivity contribution in [3.8, 4) is 5.19 Å². The van der Waals surface area contributed by atoms with Gasteiger partial charge in [-0.15, -0.1) is 0 Å². The summed E-state index contributed by atoms with van der Waals surface area (Å²) < 4.78 is 6.19. The number of ether oxygens (including phenoxy) is 1. The van der Waals surface area contributed by atoms with E-state index in [-0.39, 0.29) is 13.2 Å². The molecular formula is C9H10N2O2S. The summed E-state index contributed by atoms with van der Waals surface area (Å²) in [6, 6.07) is 5.52. The van der Waals surface area contributed by atoms with Gasteiger partial charge in [0.05, 0.1) is 16.8 Å². The Bertz CT molecular complexity index is 441. The number of rotatable bonds is 3. The lowest BCUT2D eigenvalue weighted by Crippen LogP contribution is -2.00. The molecule has 0 amide bonds. The molecule has 5 heteroatoms.